The SMILES string of the molecule is O=S(=O)(Nc1ccc2nc(N3CCCC3)sc2c1)c1cc(F)ccc1F. The average Bonchev–Trinajstić information content (AvgIpc) is 3.25. The lowest BCUT2D eigenvalue weighted by atomic mass is 10.3. The third-order valence-corrected chi connectivity index (χ3v) is 6.66. The molecule has 2 heterocycles. The lowest BCUT2D eigenvalue weighted by molar-refractivity contribution is 0.555. The van der Waals surface area contributed by atoms with Crippen LogP contribution >= 0.6 is 11.3 Å². The first-order chi connectivity index (χ1) is 12.4. The Morgan fingerprint density at radius 1 is 1.08 bits per heavy atom. The summed E-state index contributed by atoms with van der Waals surface area (Å²) in [7, 11) is -4.24. The van der Waals surface area contributed by atoms with Gasteiger partial charge >= 0.3 is 0 Å². The highest BCUT2D eigenvalue weighted by molar-refractivity contribution is 7.92. The molecule has 136 valence electrons. The summed E-state index contributed by atoms with van der Waals surface area (Å²) < 4.78 is 55.0. The third kappa shape index (κ3) is 3.24. The highest BCUT2D eigenvalue weighted by Gasteiger charge is 2.21. The van der Waals surface area contributed by atoms with E-state index in [-0.39, 0.29) is 5.69 Å². The number of fused-ring (bicyclic) bond motifs is 1. The summed E-state index contributed by atoms with van der Waals surface area (Å²) in [6.07, 6.45) is 2.28. The van der Waals surface area contributed by atoms with E-state index in [1.165, 1.54) is 11.3 Å². The average molecular weight is 395 g/mol. The van der Waals surface area contributed by atoms with Gasteiger partial charge in [-0.3, -0.25) is 4.72 Å². The second kappa shape index (κ2) is 6.48. The minimum Gasteiger partial charge on any atom is -0.348 e. The number of hydrogen-bond acceptors (Lipinski definition) is 5. The summed E-state index contributed by atoms with van der Waals surface area (Å²) in [6.45, 7) is 1.94. The molecule has 26 heavy (non-hydrogen) atoms. The van der Waals surface area contributed by atoms with Gasteiger partial charge in [-0.25, -0.2) is 22.2 Å². The maximum Gasteiger partial charge on any atom is 0.264 e. The molecule has 0 unspecified atom stereocenters. The minimum absolute atomic E-state index is 0.276. The first kappa shape index (κ1) is 17.2. The van der Waals surface area contributed by atoms with Crippen molar-refractivity contribution in [3.05, 3.63) is 48.0 Å². The number of rotatable bonds is 4. The predicted molar refractivity (Wildman–Crippen MR) is 98.2 cm³/mol. The summed E-state index contributed by atoms with van der Waals surface area (Å²) in [5, 5.41) is 0.911. The first-order valence-electron chi connectivity index (χ1n) is 8.06. The molecule has 1 aliphatic rings. The normalized spacial score (nSPS) is 14.9. The van der Waals surface area contributed by atoms with Gasteiger partial charge in [0.2, 0.25) is 0 Å². The van der Waals surface area contributed by atoms with Crippen molar-refractivity contribution in [2.24, 2.45) is 0 Å². The number of halogens is 2. The van der Waals surface area contributed by atoms with Crippen LogP contribution in [0.3, 0.4) is 0 Å². The molecule has 1 fully saturated rings. The summed E-state index contributed by atoms with van der Waals surface area (Å²) in [6, 6.07) is 7.25. The Morgan fingerprint density at radius 2 is 1.85 bits per heavy atom. The van der Waals surface area contributed by atoms with Crippen molar-refractivity contribution in [1.82, 2.24) is 4.98 Å². The van der Waals surface area contributed by atoms with Crippen molar-refractivity contribution in [2.75, 3.05) is 22.7 Å². The zero-order chi connectivity index (χ0) is 18.3. The number of aromatic nitrogens is 1. The van der Waals surface area contributed by atoms with Crippen molar-refractivity contribution in [2.45, 2.75) is 17.7 Å². The van der Waals surface area contributed by atoms with Crippen LogP contribution in [0.5, 0.6) is 0 Å². The molecular formula is C17H15F2N3O2S2. The van der Waals surface area contributed by atoms with Gasteiger partial charge in [0, 0.05) is 13.1 Å². The molecule has 1 aliphatic heterocycles. The van der Waals surface area contributed by atoms with Gasteiger partial charge in [-0.2, -0.15) is 0 Å². The van der Waals surface area contributed by atoms with Gasteiger partial charge in [0.05, 0.1) is 15.9 Å². The lowest BCUT2D eigenvalue weighted by Gasteiger charge is -2.11. The number of nitrogens with zero attached hydrogens (tertiary/aromatic N) is 2. The molecule has 1 N–H and O–H groups in total. The van der Waals surface area contributed by atoms with Gasteiger partial charge in [-0.05, 0) is 49.2 Å². The van der Waals surface area contributed by atoms with Crippen molar-refractivity contribution in [3.8, 4) is 0 Å². The molecule has 2 aromatic carbocycles. The number of thiazole rings is 1. The summed E-state index contributed by atoms with van der Waals surface area (Å²) in [4.78, 5) is 6.06. The van der Waals surface area contributed by atoms with Crippen molar-refractivity contribution >= 4 is 42.4 Å². The Labute approximate surface area is 153 Å². The maximum absolute atomic E-state index is 13.8. The van der Waals surface area contributed by atoms with E-state index in [2.05, 4.69) is 14.6 Å². The number of anilines is 2. The zero-order valence-corrected chi connectivity index (χ0v) is 15.2. The Kier molecular flexibility index (Phi) is 4.28. The van der Waals surface area contributed by atoms with Crippen molar-refractivity contribution in [3.63, 3.8) is 0 Å². The number of sulfonamides is 1. The van der Waals surface area contributed by atoms with E-state index in [0.717, 1.165) is 53.4 Å². The van der Waals surface area contributed by atoms with Crippen LogP contribution in [0.15, 0.2) is 41.3 Å². The molecule has 1 aromatic heterocycles. The fourth-order valence-corrected chi connectivity index (χ4v) is 5.11. The summed E-state index contributed by atoms with van der Waals surface area (Å²) in [5.74, 6) is -1.82. The Balaban J connectivity index is 1.65. The van der Waals surface area contributed by atoms with Gasteiger partial charge < -0.3 is 4.90 Å². The fourth-order valence-electron chi connectivity index (χ4n) is 2.91. The van der Waals surface area contributed by atoms with Crippen LogP contribution in [-0.2, 0) is 10.0 Å². The molecule has 0 atom stereocenters. The van der Waals surface area contributed by atoms with Gasteiger partial charge in [-0.1, -0.05) is 11.3 Å². The third-order valence-electron chi connectivity index (χ3n) is 4.19. The number of benzene rings is 2. The van der Waals surface area contributed by atoms with Crippen LogP contribution in [0.1, 0.15) is 12.8 Å². The van der Waals surface area contributed by atoms with Gasteiger partial charge in [0.15, 0.2) is 5.13 Å². The summed E-state index contributed by atoms with van der Waals surface area (Å²) >= 11 is 1.48. The highest BCUT2D eigenvalue weighted by Crippen LogP contribution is 2.33. The van der Waals surface area contributed by atoms with E-state index in [4.69, 9.17) is 0 Å². The number of hydrogen-bond donors (Lipinski definition) is 1. The van der Waals surface area contributed by atoms with Crippen LogP contribution in [0.25, 0.3) is 10.2 Å². The van der Waals surface area contributed by atoms with Gasteiger partial charge in [-0.15, -0.1) is 0 Å². The lowest BCUT2D eigenvalue weighted by Crippen LogP contribution is -2.16. The standard InChI is InChI=1S/C17H15F2N3O2S2/c18-11-3-5-13(19)16(9-11)26(23,24)21-12-4-6-14-15(10-12)25-17(20-14)22-7-1-2-8-22/h3-6,9-10,21H,1-2,7-8H2. The molecule has 1 saturated heterocycles. The monoisotopic (exact) mass is 395 g/mol. The van der Waals surface area contributed by atoms with Crippen molar-refractivity contribution < 1.29 is 17.2 Å². The Hall–Kier alpha value is -2.26. The van der Waals surface area contributed by atoms with E-state index in [1.807, 2.05) is 0 Å². The van der Waals surface area contributed by atoms with E-state index in [1.54, 1.807) is 18.2 Å². The highest BCUT2D eigenvalue weighted by atomic mass is 32.2. The molecule has 4 rings (SSSR count). The second-order valence-corrected chi connectivity index (χ2v) is 8.71. The molecule has 0 amide bonds. The number of nitrogens with one attached hydrogen (secondary N) is 1. The van der Waals surface area contributed by atoms with Crippen molar-refractivity contribution in [1.29, 1.82) is 0 Å². The molecule has 0 spiro atoms. The van der Waals surface area contributed by atoms with Crippen LogP contribution in [0.4, 0.5) is 19.6 Å². The molecule has 5 nitrogen and oxygen atoms in total. The smallest absolute Gasteiger partial charge is 0.264 e. The van der Waals surface area contributed by atoms with Gasteiger partial charge in [0.1, 0.15) is 16.5 Å². The van der Waals surface area contributed by atoms with Crippen LogP contribution in [0.2, 0.25) is 0 Å². The van der Waals surface area contributed by atoms with Crippen LogP contribution in [0, 0.1) is 11.6 Å². The molecular weight excluding hydrogens is 380 g/mol. The van der Waals surface area contributed by atoms with Crippen LogP contribution < -0.4 is 9.62 Å². The predicted octanol–water partition coefficient (Wildman–Crippen LogP) is 3.98. The Bertz CT molecular complexity index is 1080. The molecule has 3 aromatic rings. The first-order valence-corrected chi connectivity index (χ1v) is 10.4. The maximum atomic E-state index is 13.8. The molecule has 9 heteroatoms. The fraction of sp³-hybridized carbons (Fsp3) is 0.235. The van der Waals surface area contributed by atoms with Gasteiger partial charge in [0.25, 0.3) is 10.0 Å². The van der Waals surface area contributed by atoms with E-state index in [9.17, 15) is 17.2 Å². The largest absolute Gasteiger partial charge is 0.348 e. The molecule has 0 aliphatic carbocycles. The topological polar surface area (TPSA) is 62.3 Å². The second-order valence-electron chi connectivity index (χ2n) is 6.05. The summed E-state index contributed by atoms with van der Waals surface area (Å²) in [5.41, 5.74) is 1.05. The Morgan fingerprint density at radius 3 is 2.62 bits per heavy atom. The van der Waals surface area contributed by atoms with E-state index < -0.39 is 26.6 Å². The zero-order valence-electron chi connectivity index (χ0n) is 13.6. The quantitative estimate of drug-likeness (QED) is 0.726. The van der Waals surface area contributed by atoms with E-state index in [0.29, 0.717) is 6.07 Å². The van der Waals surface area contributed by atoms with Crippen LogP contribution in [-0.4, -0.2) is 26.5 Å². The van der Waals surface area contributed by atoms with E-state index >= 15 is 0 Å². The molecule has 0 bridgehead atoms. The molecule has 0 radical (unpaired) electrons. The molecule has 0 saturated carbocycles. The minimum atomic E-state index is -4.24.